The minimum absolute atomic E-state index is 0.176. The van der Waals surface area contributed by atoms with Crippen molar-refractivity contribution in [1.82, 2.24) is 5.06 Å². The van der Waals surface area contributed by atoms with Gasteiger partial charge in [0.05, 0.1) is 13.2 Å². The fourth-order valence-electron chi connectivity index (χ4n) is 2.85. The third-order valence-corrected chi connectivity index (χ3v) is 5.31. The van der Waals surface area contributed by atoms with E-state index in [4.69, 9.17) is 10.5 Å². The number of urea groups is 1. The van der Waals surface area contributed by atoms with Crippen LogP contribution in [0.4, 0.5) is 4.79 Å². The lowest BCUT2D eigenvalue weighted by Gasteiger charge is -2.39. The summed E-state index contributed by atoms with van der Waals surface area (Å²) in [5.41, 5.74) is 6.31. The molecule has 0 saturated heterocycles. The molecule has 0 aromatic heterocycles. The molecule has 2 amide bonds. The van der Waals surface area contributed by atoms with Crippen LogP contribution in [0.5, 0.6) is 5.75 Å². The van der Waals surface area contributed by atoms with Gasteiger partial charge in [0, 0.05) is 9.79 Å². The molecule has 5 nitrogen and oxygen atoms in total. The molecule has 3 N–H and O–H groups in total. The standard InChI is InChI=1S/C18H20N2O3S/c1-23-15-5-7-16(8-6-15)24-17-4-2-3-12(11-17)13-9-14(10-13)20(22)18(19)21/h2-8,11,13-14,22H,9-10H2,1H3,(H2,19,21). The summed E-state index contributed by atoms with van der Waals surface area (Å²) in [7, 11) is 1.66. The van der Waals surface area contributed by atoms with E-state index in [0.29, 0.717) is 11.0 Å². The molecule has 0 atom stereocenters. The zero-order valence-corrected chi connectivity index (χ0v) is 14.2. The third kappa shape index (κ3) is 3.66. The topological polar surface area (TPSA) is 75.8 Å². The number of primary amides is 1. The van der Waals surface area contributed by atoms with Crippen molar-refractivity contribution in [2.75, 3.05) is 7.11 Å². The van der Waals surface area contributed by atoms with E-state index in [0.717, 1.165) is 28.4 Å². The van der Waals surface area contributed by atoms with E-state index in [1.165, 1.54) is 5.56 Å². The Labute approximate surface area is 145 Å². The Morgan fingerprint density at radius 2 is 1.92 bits per heavy atom. The summed E-state index contributed by atoms with van der Waals surface area (Å²) in [6.45, 7) is 0. The molecule has 1 saturated carbocycles. The Bertz CT molecular complexity index is 714. The number of carbonyl (C=O) groups is 1. The average molecular weight is 344 g/mol. The number of benzene rings is 2. The van der Waals surface area contributed by atoms with Gasteiger partial charge < -0.3 is 10.5 Å². The number of ether oxygens (including phenoxy) is 1. The molecule has 0 heterocycles. The van der Waals surface area contributed by atoms with Crippen molar-refractivity contribution in [2.45, 2.75) is 34.6 Å². The van der Waals surface area contributed by atoms with Crippen LogP contribution in [0.15, 0.2) is 58.3 Å². The summed E-state index contributed by atoms with van der Waals surface area (Å²) in [6, 6.07) is 15.4. The molecule has 0 bridgehead atoms. The first kappa shape index (κ1) is 16.7. The molecule has 6 heteroatoms. The maximum atomic E-state index is 11.0. The number of amides is 2. The maximum absolute atomic E-state index is 11.0. The highest BCUT2D eigenvalue weighted by atomic mass is 32.2. The average Bonchev–Trinajstić information content (AvgIpc) is 2.54. The summed E-state index contributed by atoms with van der Waals surface area (Å²) >= 11 is 1.70. The number of methoxy groups -OCH3 is 1. The molecule has 0 aliphatic heterocycles. The van der Waals surface area contributed by atoms with E-state index in [-0.39, 0.29) is 6.04 Å². The fraction of sp³-hybridized carbons (Fsp3) is 0.278. The van der Waals surface area contributed by atoms with Crippen LogP contribution in [-0.2, 0) is 0 Å². The van der Waals surface area contributed by atoms with Gasteiger partial charge in [0.15, 0.2) is 0 Å². The first-order chi connectivity index (χ1) is 11.6. The van der Waals surface area contributed by atoms with Crippen LogP contribution in [0.3, 0.4) is 0 Å². The molecule has 126 valence electrons. The smallest absolute Gasteiger partial charge is 0.338 e. The minimum Gasteiger partial charge on any atom is -0.497 e. The van der Waals surface area contributed by atoms with Crippen molar-refractivity contribution >= 4 is 17.8 Å². The van der Waals surface area contributed by atoms with E-state index in [1.807, 2.05) is 30.3 Å². The Hall–Kier alpha value is -2.18. The molecule has 1 aliphatic carbocycles. The second-order valence-corrected chi connectivity index (χ2v) is 7.00. The second kappa shape index (κ2) is 7.15. The summed E-state index contributed by atoms with van der Waals surface area (Å²) in [6.07, 6.45) is 1.46. The lowest BCUT2D eigenvalue weighted by Crippen LogP contribution is -2.47. The first-order valence-corrected chi connectivity index (χ1v) is 8.58. The number of carbonyl (C=O) groups excluding carboxylic acids is 1. The summed E-state index contributed by atoms with van der Waals surface area (Å²) in [5.74, 6) is 1.19. The number of hydrogen-bond donors (Lipinski definition) is 2. The van der Waals surface area contributed by atoms with Gasteiger partial charge in [0.1, 0.15) is 5.75 Å². The molecule has 2 aromatic carbocycles. The fourth-order valence-corrected chi connectivity index (χ4v) is 3.74. The lowest BCUT2D eigenvalue weighted by molar-refractivity contribution is -0.102. The van der Waals surface area contributed by atoms with Crippen LogP contribution >= 0.6 is 11.8 Å². The number of nitrogens with two attached hydrogens (primary N) is 1. The van der Waals surface area contributed by atoms with Crippen LogP contribution in [0.1, 0.15) is 24.3 Å². The van der Waals surface area contributed by atoms with Gasteiger partial charge in [-0.05, 0) is 60.7 Å². The van der Waals surface area contributed by atoms with Crippen LogP contribution < -0.4 is 10.5 Å². The second-order valence-electron chi connectivity index (χ2n) is 5.86. The maximum Gasteiger partial charge on any atom is 0.338 e. The number of nitrogens with zero attached hydrogens (tertiary/aromatic N) is 1. The SMILES string of the molecule is COc1ccc(Sc2cccc(C3CC(N(O)C(N)=O)C3)c2)cc1. The van der Waals surface area contributed by atoms with E-state index < -0.39 is 6.03 Å². The van der Waals surface area contributed by atoms with E-state index in [9.17, 15) is 10.0 Å². The molecule has 0 unspecified atom stereocenters. The predicted molar refractivity (Wildman–Crippen MR) is 92.5 cm³/mol. The largest absolute Gasteiger partial charge is 0.497 e. The van der Waals surface area contributed by atoms with E-state index in [2.05, 4.69) is 18.2 Å². The quantitative estimate of drug-likeness (QED) is 0.638. The third-order valence-electron chi connectivity index (χ3n) is 4.31. The van der Waals surface area contributed by atoms with Gasteiger partial charge in [0.2, 0.25) is 0 Å². The van der Waals surface area contributed by atoms with Crippen LogP contribution in [-0.4, -0.2) is 29.5 Å². The molecular formula is C18H20N2O3S. The zero-order chi connectivity index (χ0) is 17.1. The summed E-state index contributed by atoms with van der Waals surface area (Å²) < 4.78 is 5.17. The van der Waals surface area contributed by atoms with Gasteiger partial charge in [-0.3, -0.25) is 5.21 Å². The highest BCUT2D eigenvalue weighted by molar-refractivity contribution is 7.99. The van der Waals surface area contributed by atoms with Crippen LogP contribution in [0, 0.1) is 0 Å². The first-order valence-electron chi connectivity index (χ1n) is 7.76. The van der Waals surface area contributed by atoms with Crippen molar-refractivity contribution in [3.05, 3.63) is 54.1 Å². The van der Waals surface area contributed by atoms with Crippen molar-refractivity contribution in [1.29, 1.82) is 0 Å². The van der Waals surface area contributed by atoms with Crippen molar-refractivity contribution in [2.24, 2.45) is 5.73 Å². The van der Waals surface area contributed by atoms with Gasteiger partial charge in [0.25, 0.3) is 0 Å². The molecule has 24 heavy (non-hydrogen) atoms. The van der Waals surface area contributed by atoms with Gasteiger partial charge in [-0.2, -0.15) is 0 Å². The van der Waals surface area contributed by atoms with Gasteiger partial charge >= 0.3 is 6.03 Å². The van der Waals surface area contributed by atoms with Gasteiger partial charge in [-0.1, -0.05) is 23.9 Å². The summed E-state index contributed by atoms with van der Waals surface area (Å²) in [5, 5.41) is 10.2. The predicted octanol–water partition coefficient (Wildman–Crippen LogP) is 3.86. The molecule has 1 aliphatic rings. The van der Waals surface area contributed by atoms with Crippen molar-refractivity contribution < 1.29 is 14.7 Å². The van der Waals surface area contributed by atoms with Crippen molar-refractivity contribution in [3.8, 4) is 5.75 Å². The Morgan fingerprint density at radius 3 is 2.54 bits per heavy atom. The van der Waals surface area contributed by atoms with E-state index in [1.54, 1.807) is 18.9 Å². The molecule has 0 spiro atoms. The number of hydrogen-bond acceptors (Lipinski definition) is 4. The molecule has 2 aromatic rings. The van der Waals surface area contributed by atoms with Gasteiger partial charge in [-0.25, -0.2) is 9.86 Å². The Morgan fingerprint density at radius 1 is 1.21 bits per heavy atom. The van der Waals surface area contributed by atoms with E-state index >= 15 is 0 Å². The molecular weight excluding hydrogens is 324 g/mol. The normalized spacial score (nSPS) is 19.4. The highest BCUT2D eigenvalue weighted by Gasteiger charge is 2.35. The minimum atomic E-state index is -0.790. The van der Waals surface area contributed by atoms with Gasteiger partial charge in [-0.15, -0.1) is 0 Å². The number of hydroxylamine groups is 2. The Kier molecular flexibility index (Phi) is 4.97. The number of rotatable bonds is 5. The van der Waals surface area contributed by atoms with Crippen LogP contribution in [0.25, 0.3) is 0 Å². The highest BCUT2D eigenvalue weighted by Crippen LogP contribution is 2.40. The summed E-state index contributed by atoms with van der Waals surface area (Å²) in [4.78, 5) is 13.3. The monoisotopic (exact) mass is 344 g/mol. The molecule has 0 radical (unpaired) electrons. The van der Waals surface area contributed by atoms with Crippen molar-refractivity contribution in [3.63, 3.8) is 0 Å². The lowest BCUT2D eigenvalue weighted by atomic mass is 9.76. The molecule has 1 fully saturated rings. The zero-order valence-electron chi connectivity index (χ0n) is 13.4. The van der Waals surface area contributed by atoms with Crippen LogP contribution in [0.2, 0.25) is 0 Å². The Balaban J connectivity index is 1.63. The molecule has 3 rings (SSSR count).